The van der Waals surface area contributed by atoms with Gasteiger partial charge in [-0.15, -0.1) is 0 Å². The van der Waals surface area contributed by atoms with Gasteiger partial charge in [-0.25, -0.2) is 0 Å². The molecule has 6 aromatic carbocycles. The zero-order valence-electron chi connectivity index (χ0n) is 34.0. The fourth-order valence-electron chi connectivity index (χ4n) is 10.0. The third-order valence-electron chi connectivity index (χ3n) is 13.1. The Morgan fingerprint density at radius 3 is 1.88 bits per heavy atom. The molecule has 0 saturated heterocycles. The summed E-state index contributed by atoms with van der Waals surface area (Å²) in [7, 11) is 0. The SMILES string of the molecule is CC1(C)C2=CC(N(c3ccccc3)c3ccc(/C=C/c4ccc5c(c4)C(C)(C)c4cc(N(C6=CC=CCC6)c6ccccc6)ccc4-5)cc3)=CCC2c2ccccc21. The highest BCUT2D eigenvalue weighted by Gasteiger charge is 2.42. The fourth-order valence-corrected chi connectivity index (χ4v) is 10.0. The van der Waals surface area contributed by atoms with E-state index in [0.717, 1.165) is 24.9 Å². The molecule has 1 unspecified atom stereocenters. The van der Waals surface area contributed by atoms with Crippen LogP contribution in [0.5, 0.6) is 0 Å². The fraction of sp³-hybridized carbons (Fsp3) is 0.179. The predicted molar refractivity (Wildman–Crippen MR) is 246 cm³/mol. The van der Waals surface area contributed by atoms with Crippen molar-refractivity contribution in [3.05, 3.63) is 226 Å². The number of para-hydroxylation sites is 2. The Bertz CT molecular complexity index is 2690. The lowest BCUT2D eigenvalue weighted by atomic mass is 9.78. The monoisotopic (exact) mass is 750 g/mol. The van der Waals surface area contributed by atoms with Crippen LogP contribution in [0.3, 0.4) is 0 Å². The second-order valence-electron chi connectivity index (χ2n) is 17.3. The minimum absolute atomic E-state index is 0.00437. The molecule has 4 aliphatic carbocycles. The molecule has 2 heteroatoms. The molecule has 1 atom stereocenters. The average molecular weight is 751 g/mol. The van der Waals surface area contributed by atoms with Crippen LogP contribution in [0, 0.1) is 0 Å². The zero-order chi connectivity index (χ0) is 39.4. The lowest BCUT2D eigenvalue weighted by molar-refractivity contribution is 0.609. The summed E-state index contributed by atoms with van der Waals surface area (Å²) in [5.74, 6) is 0.448. The van der Waals surface area contributed by atoms with Crippen molar-refractivity contribution in [1.82, 2.24) is 0 Å². The minimum atomic E-state index is -0.129. The highest BCUT2D eigenvalue weighted by molar-refractivity contribution is 5.86. The number of benzene rings is 6. The van der Waals surface area contributed by atoms with Crippen molar-refractivity contribution in [1.29, 1.82) is 0 Å². The number of rotatable bonds is 8. The Balaban J connectivity index is 0.920. The normalized spacial score (nSPS) is 18.1. The molecule has 6 aromatic rings. The van der Waals surface area contributed by atoms with E-state index in [4.69, 9.17) is 0 Å². The average Bonchev–Trinajstić information content (AvgIpc) is 3.63. The van der Waals surface area contributed by atoms with E-state index < -0.39 is 0 Å². The Morgan fingerprint density at radius 2 is 1.16 bits per heavy atom. The van der Waals surface area contributed by atoms with Crippen LogP contribution >= 0.6 is 0 Å². The van der Waals surface area contributed by atoms with E-state index in [1.54, 1.807) is 0 Å². The first-order chi connectivity index (χ1) is 28.3. The lowest BCUT2D eigenvalue weighted by Crippen LogP contribution is -2.22. The molecule has 0 heterocycles. The molecule has 58 heavy (non-hydrogen) atoms. The van der Waals surface area contributed by atoms with E-state index in [9.17, 15) is 0 Å². The highest BCUT2D eigenvalue weighted by Crippen LogP contribution is 2.54. The van der Waals surface area contributed by atoms with Crippen LogP contribution in [0.2, 0.25) is 0 Å². The molecule has 0 saturated carbocycles. The van der Waals surface area contributed by atoms with E-state index in [0.29, 0.717) is 5.92 Å². The van der Waals surface area contributed by atoms with Crippen molar-refractivity contribution in [3.63, 3.8) is 0 Å². The van der Waals surface area contributed by atoms with Crippen LogP contribution in [0.4, 0.5) is 22.7 Å². The number of allylic oxidation sites excluding steroid dienone is 7. The van der Waals surface area contributed by atoms with Crippen molar-refractivity contribution in [2.75, 3.05) is 9.80 Å². The Labute approximate surface area is 344 Å². The largest absolute Gasteiger partial charge is 0.314 e. The highest BCUT2D eigenvalue weighted by atomic mass is 15.2. The van der Waals surface area contributed by atoms with Gasteiger partial charge >= 0.3 is 0 Å². The van der Waals surface area contributed by atoms with Crippen molar-refractivity contribution in [2.45, 2.75) is 63.7 Å². The first-order valence-corrected chi connectivity index (χ1v) is 20.9. The molecule has 0 N–H and O–H groups in total. The van der Waals surface area contributed by atoms with E-state index in [-0.39, 0.29) is 10.8 Å². The van der Waals surface area contributed by atoms with Crippen LogP contribution in [0.25, 0.3) is 23.3 Å². The van der Waals surface area contributed by atoms with E-state index in [1.807, 2.05) is 0 Å². The van der Waals surface area contributed by atoms with Crippen LogP contribution in [-0.2, 0) is 10.8 Å². The van der Waals surface area contributed by atoms with Gasteiger partial charge in [0.25, 0.3) is 0 Å². The molecular weight excluding hydrogens is 701 g/mol. The van der Waals surface area contributed by atoms with Crippen molar-refractivity contribution < 1.29 is 0 Å². The van der Waals surface area contributed by atoms with E-state index in [2.05, 4.69) is 226 Å². The summed E-state index contributed by atoms with van der Waals surface area (Å²) in [6.45, 7) is 9.54. The molecule has 0 aliphatic heterocycles. The van der Waals surface area contributed by atoms with Gasteiger partial charge in [0.2, 0.25) is 0 Å². The van der Waals surface area contributed by atoms with Gasteiger partial charge in [0.1, 0.15) is 0 Å². The Kier molecular flexibility index (Phi) is 8.82. The maximum Gasteiger partial charge on any atom is 0.0461 e. The Morgan fingerprint density at radius 1 is 0.552 bits per heavy atom. The third-order valence-corrected chi connectivity index (χ3v) is 13.1. The molecule has 0 bridgehead atoms. The lowest BCUT2D eigenvalue weighted by Gasteiger charge is -2.32. The number of fused-ring (bicyclic) bond motifs is 6. The van der Waals surface area contributed by atoms with Crippen molar-refractivity contribution >= 4 is 34.9 Å². The second-order valence-corrected chi connectivity index (χ2v) is 17.3. The molecule has 0 radical (unpaired) electrons. The van der Waals surface area contributed by atoms with Crippen LogP contribution in [0.15, 0.2) is 193 Å². The Hall–Kier alpha value is -6.38. The van der Waals surface area contributed by atoms with Gasteiger partial charge < -0.3 is 9.80 Å². The molecule has 4 aliphatic rings. The molecular formula is C56H50N2. The first kappa shape index (κ1) is 36.0. The van der Waals surface area contributed by atoms with Gasteiger partial charge in [-0.05, 0) is 124 Å². The van der Waals surface area contributed by atoms with E-state index >= 15 is 0 Å². The summed E-state index contributed by atoms with van der Waals surface area (Å²) in [5, 5.41) is 0. The summed E-state index contributed by atoms with van der Waals surface area (Å²) in [6, 6.07) is 53.7. The topological polar surface area (TPSA) is 6.48 Å². The molecule has 284 valence electrons. The summed E-state index contributed by atoms with van der Waals surface area (Å²) >= 11 is 0. The van der Waals surface area contributed by atoms with Crippen LogP contribution < -0.4 is 9.80 Å². The van der Waals surface area contributed by atoms with Gasteiger partial charge in [0.05, 0.1) is 0 Å². The first-order valence-electron chi connectivity index (χ1n) is 20.9. The molecule has 0 fully saturated rings. The van der Waals surface area contributed by atoms with E-state index in [1.165, 1.54) is 78.5 Å². The van der Waals surface area contributed by atoms with Gasteiger partial charge in [0.15, 0.2) is 0 Å². The minimum Gasteiger partial charge on any atom is -0.314 e. The standard InChI is InChI=1S/C56H50N2/c1-55(2)51-23-15-14-22-47(51)49-34-31-46(37-53(49)55)58(43-20-12-7-13-21-43)44-29-26-39(27-30-44)24-25-40-28-33-48-50-35-32-45(38-54(50)56(3,4)52(48)36-40)57(41-16-8-5-9-17-41)42-18-10-6-11-19-42/h5-10,12-18,20-33,35-38,49H,11,19,34H2,1-4H3/b25-24+. The zero-order valence-corrected chi connectivity index (χ0v) is 34.0. The molecule has 0 amide bonds. The number of hydrogen-bond donors (Lipinski definition) is 0. The molecule has 10 rings (SSSR count). The number of anilines is 4. The summed E-state index contributed by atoms with van der Waals surface area (Å²) in [6.07, 6.45) is 19.2. The summed E-state index contributed by atoms with van der Waals surface area (Å²) in [4.78, 5) is 4.86. The van der Waals surface area contributed by atoms with Crippen molar-refractivity contribution in [3.8, 4) is 11.1 Å². The smallest absolute Gasteiger partial charge is 0.0461 e. The van der Waals surface area contributed by atoms with Gasteiger partial charge in [-0.2, -0.15) is 0 Å². The molecule has 0 aromatic heterocycles. The maximum atomic E-state index is 2.47. The van der Waals surface area contributed by atoms with Gasteiger partial charge in [0, 0.05) is 50.9 Å². The second kappa shape index (κ2) is 14.2. The predicted octanol–water partition coefficient (Wildman–Crippen LogP) is 15.0. The molecule has 2 nitrogen and oxygen atoms in total. The maximum absolute atomic E-state index is 2.47. The third kappa shape index (κ3) is 6.10. The molecule has 0 spiro atoms. The van der Waals surface area contributed by atoms with Crippen LogP contribution in [0.1, 0.15) is 86.3 Å². The summed E-state index contributed by atoms with van der Waals surface area (Å²) in [5.41, 5.74) is 19.5. The number of hydrogen-bond acceptors (Lipinski definition) is 2. The summed E-state index contributed by atoms with van der Waals surface area (Å²) < 4.78 is 0. The van der Waals surface area contributed by atoms with Gasteiger partial charge in [-0.3, -0.25) is 0 Å². The van der Waals surface area contributed by atoms with Gasteiger partial charge in [-0.1, -0.05) is 161 Å². The quantitative estimate of drug-likeness (QED) is 0.143. The van der Waals surface area contributed by atoms with Crippen LogP contribution in [-0.4, -0.2) is 0 Å². The number of nitrogens with zero attached hydrogens (tertiary/aromatic N) is 2. The van der Waals surface area contributed by atoms with Crippen molar-refractivity contribution in [2.24, 2.45) is 0 Å².